The standard InChI is InChI=1S/C25H18ClN5OS/c1-2-13-31-23(17-9-6-12-27-15-17)29-30-25(31)33-22-21(16-7-4-3-5-8-16)19-11-10-18(26)14-20(19)28-24(22)32/h2-12,14-15H,1,13H2,(H,28,32). The van der Waals surface area contributed by atoms with E-state index >= 15 is 0 Å². The van der Waals surface area contributed by atoms with E-state index in [-0.39, 0.29) is 5.56 Å². The Kier molecular flexibility index (Phi) is 5.81. The summed E-state index contributed by atoms with van der Waals surface area (Å²) in [7, 11) is 0. The van der Waals surface area contributed by atoms with E-state index in [9.17, 15) is 4.79 Å². The third-order valence-electron chi connectivity index (χ3n) is 5.14. The lowest BCUT2D eigenvalue weighted by Gasteiger charge is -2.13. The van der Waals surface area contributed by atoms with E-state index in [4.69, 9.17) is 11.6 Å². The highest BCUT2D eigenvalue weighted by Crippen LogP contribution is 2.38. The lowest BCUT2D eigenvalue weighted by atomic mass is 10.0. The van der Waals surface area contributed by atoms with Gasteiger partial charge in [-0.15, -0.1) is 16.8 Å². The van der Waals surface area contributed by atoms with Crippen molar-refractivity contribution in [1.29, 1.82) is 0 Å². The summed E-state index contributed by atoms with van der Waals surface area (Å²) >= 11 is 7.47. The average molecular weight is 472 g/mol. The second-order valence-electron chi connectivity index (χ2n) is 7.26. The van der Waals surface area contributed by atoms with Crippen molar-refractivity contribution in [3.05, 3.63) is 101 Å². The highest BCUT2D eigenvalue weighted by molar-refractivity contribution is 7.99. The molecular formula is C25H18ClN5OS. The molecule has 3 aromatic heterocycles. The lowest BCUT2D eigenvalue weighted by molar-refractivity contribution is 0.731. The number of hydrogen-bond donors (Lipinski definition) is 1. The number of aromatic nitrogens is 5. The molecule has 0 aliphatic rings. The van der Waals surface area contributed by atoms with Gasteiger partial charge in [-0.25, -0.2) is 0 Å². The van der Waals surface area contributed by atoms with Gasteiger partial charge in [-0.05, 0) is 41.6 Å². The maximum absolute atomic E-state index is 13.3. The SMILES string of the molecule is C=CCn1c(Sc2c(-c3ccccc3)c3ccc(Cl)cc3[nH]c2=O)nnc1-c1cccnc1. The third kappa shape index (κ3) is 4.08. The Labute approximate surface area is 199 Å². The van der Waals surface area contributed by atoms with Crippen molar-refractivity contribution in [2.45, 2.75) is 16.6 Å². The molecule has 33 heavy (non-hydrogen) atoms. The van der Waals surface area contributed by atoms with Crippen molar-refractivity contribution in [3.8, 4) is 22.5 Å². The van der Waals surface area contributed by atoms with Crippen molar-refractivity contribution in [1.82, 2.24) is 24.7 Å². The number of H-pyrrole nitrogens is 1. The molecule has 5 rings (SSSR count). The van der Waals surface area contributed by atoms with E-state index < -0.39 is 0 Å². The quantitative estimate of drug-likeness (QED) is 0.315. The molecule has 6 nitrogen and oxygen atoms in total. The molecule has 2 aromatic carbocycles. The van der Waals surface area contributed by atoms with Gasteiger partial charge in [0.05, 0.1) is 10.4 Å². The van der Waals surface area contributed by atoms with Crippen LogP contribution in [0, 0.1) is 0 Å². The topological polar surface area (TPSA) is 76.5 Å². The molecule has 0 spiro atoms. The molecule has 0 saturated heterocycles. The molecule has 0 saturated carbocycles. The van der Waals surface area contributed by atoms with Gasteiger partial charge in [0.25, 0.3) is 5.56 Å². The first-order chi connectivity index (χ1) is 16.2. The van der Waals surface area contributed by atoms with Gasteiger partial charge < -0.3 is 4.98 Å². The van der Waals surface area contributed by atoms with E-state index in [1.54, 1.807) is 24.5 Å². The molecule has 0 aliphatic heterocycles. The van der Waals surface area contributed by atoms with E-state index in [1.165, 1.54) is 11.8 Å². The van der Waals surface area contributed by atoms with Crippen LogP contribution in [0.1, 0.15) is 0 Å². The van der Waals surface area contributed by atoms with Gasteiger partial charge in [0.15, 0.2) is 11.0 Å². The van der Waals surface area contributed by atoms with Crippen LogP contribution >= 0.6 is 23.4 Å². The summed E-state index contributed by atoms with van der Waals surface area (Å²) in [5.41, 5.74) is 3.06. The molecule has 0 atom stereocenters. The predicted octanol–water partition coefficient (Wildman–Crippen LogP) is 5.84. The number of pyridine rings is 2. The van der Waals surface area contributed by atoms with Crippen LogP contribution < -0.4 is 5.56 Å². The van der Waals surface area contributed by atoms with Crippen LogP contribution in [0.5, 0.6) is 0 Å². The summed E-state index contributed by atoms with van der Waals surface area (Å²) in [6, 6.07) is 19.1. The molecule has 0 aliphatic carbocycles. The van der Waals surface area contributed by atoms with Crippen LogP contribution in [-0.4, -0.2) is 24.7 Å². The molecule has 1 N–H and O–H groups in total. The summed E-state index contributed by atoms with van der Waals surface area (Å²) < 4.78 is 1.93. The number of nitrogens with zero attached hydrogens (tertiary/aromatic N) is 4. The minimum atomic E-state index is -0.218. The largest absolute Gasteiger partial charge is 0.321 e. The molecule has 0 bridgehead atoms. The summed E-state index contributed by atoms with van der Waals surface area (Å²) in [5.74, 6) is 0.663. The van der Waals surface area contributed by atoms with E-state index in [0.29, 0.717) is 33.0 Å². The zero-order valence-electron chi connectivity index (χ0n) is 17.4. The zero-order chi connectivity index (χ0) is 22.8. The number of benzene rings is 2. The summed E-state index contributed by atoms with van der Waals surface area (Å²) in [4.78, 5) is 21.0. The Balaban J connectivity index is 1.71. The van der Waals surface area contributed by atoms with Crippen molar-refractivity contribution in [3.63, 3.8) is 0 Å². The van der Waals surface area contributed by atoms with Crippen LogP contribution in [0.25, 0.3) is 33.4 Å². The molecular weight excluding hydrogens is 454 g/mol. The highest BCUT2D eigenvalue weighted by atomic mass is 35.5. The fraction of sp³-hybridized carbons (Fsp3) is 0.0400. The van der Waals surface area contributed by atoms with Crippen molar-refractivity contribution in [2.75, 3.05) is 0 Å². The Morgan fingerprint density at radius 2 is 1.88 bits per heavy atom. The van der Waals surface area contributed by atoms with Crippen molar-refractivity contribution >= 4 is 34.3 Å². The normalized spacial score (nSPS) is 11.1. The molecule has 3 heterocycles. The van der Waals surface area contributed by atoms with Gasteiger partial charge in [-0.2, -0.15) is 0 Å². The van der Waals surface area contributed by atoms with Gasteiger partial charge in [-0.1, -0.05) is 54.1 Å². The highest BCUT2D eigenvalue weighted by Gasteiger charge is 2.20. The molecule has 0 fully saturated rings. The predicted molar refractivity (Wildman–Crippen MR) is 133 cm³/mol. The molecule has 0 amide bonds. The number of hydrogen-bond acceptors (Lipinski definition) is 5. The van der Waals surface area contributed by atoms with Gasteiger partial charge >= 0.3 is 0 Å². The number of aromatic amines is 1. The number of halogens is 1. The van der Waals surface area contributed by atoms with Gasteiger partial charge in [0, 0.05) is 40.5 Å². The fourth-order valence-electron chi connectivity index (χ4n) is 3.70. The summed E-state index contributed by atoms with van der Waals surface area (Å²) in [5, 5.41) is 10.8. The first-order valence-corrected chi connectivity index (χ1v) is 11.4. The Bertz CT molecular complexity index is 1510. The lowest BCUT2D eigenvalue weighted by Crippen LogP contribution is -2.11. The second-order valence-corrected chi connectivity index (χ2v) is 8.68. The van der Waals surface area contributed by atoms with Gasteiger partial charge in [-0.3, -0.25) is 14.3 Å². The molecule has 162 valence electrons. The minimum absolute atomic E-state index is 0.218. The van der Waals surface area contributed by atoms with E-state index in [0.717, 1.165) is 22.1 Å². The number of allylic oxidation sites excluding steroid dienone is 1. The van der Waals surface area contributed by atoms with Gasteiger partial charge in [0.1, 0.15) is 0 Å². The second kappa shape index (κ2) is 9.05. The Morgan fingerprint density at radius 1 is 1.06 bits per heavy atom. The van der Waals surface area contributed by atoms with E-state index in [2.05, 4.69) is 26.7 Å². The summed E-state index contributed by atoms with van der Waals surface area (Å²) in [6.07, 6.45) is 5.22. The zero-order valence-corrected chi connectivity index (χ0v) is 19.0. The number of fused-ring (bicyclic) bond motifs is 1. The molecule has 5 aromatic rings. The third-order valence-corrected chi connectivity index (χ3v) is 6.45. The first kappa shape index (κ1) is 21.2. The molecule has 0 unspecified atom stereocenters. The minimum Gasteiger partial charge on any atom is -0.321 e. The molecule has 8 heteroatoms. The molecule has 0 radical (unpaired) electrons. The van der Waals surface area contributed by atoms with Gasteiger partial charge in [0.2, 0.25) is 0 Å². The average Bonchev–Trinajstić information content (AvgIpc) is 3.23. The fourth-order valence-corrected chi connectivity index (χ4v) is 4.88. The smallest absolute Gasteiger partial charge is 0.263 e. The number of nitrogens with one attached hydrogen (secondary N) is 1. The first-order valence-electron chi connectivity index (χ1n) is 10.2. The number of rotatable bonds is 6. The Morgan fingerprint density at radius 3 is 2.64 bits per heavy atom. The van der Waals surface area contributed by atoms with Crippen LogP contribution in [0.2, 0.25) is 5.02 Å². The van der Waals surface area contributed by atoms with Crippen LogP contribution in [0.15, 0.2) is 101 Å². The maximum atomic E-state index is 13.3. The van der Waals surface area contributed by atoms with Crippen molar-refractivity contribution < 1.29 is 0 Å². The summed E-state index contributed by atoms with van der Waals surface area (Å²) in [6.45, 7) is 4.36. The monoisotopic (exact) mass is 471 g/mol. The van der Waals surface area contributed by atoms with Crippen LogP contribution in [0.4, 0.5) is 0 Å². The van der Waals surface area contributed by atoms with Crippen molar-refractivity contribution in [2.24, 2.45) is 0 Å². The van der Waals surface area contributed by atoms with E-state index in [1.807, 2.05) is 59.2 Å². The van der Waals surface area contributed by atoms with Crippen LogP contribution in [-0.2, 0) is 6.54 Å². The maximum Gasteiger partial charge on any atom is 0.263 e. The Hall–Kier alpha value is -3.68. The van der Waals surface area contributed by atoms with Crippen LogP contribution in [0.3, 0.4) is 0 Å².